The van der Waals surface area contributed by atoms with Gasteiger partial charge < -0.3 is 5.73 Å². The first-order valence-corrected chi connectivity index (χ1v) is 6.75. The highest BCUT2D eigenvalue weighted by Crippen LogP contribution is 2.02. The molecular weight excluding hydrogens is 220 g/mol. The second kappa shape index (κ2) is 6.31. The molecule has 4 nitrogen and oxygen atoms in total. The summed E-state index contributed by atoms with van der Waals surface area (Å²) in [5, 5.41) is 0. The molecule has 0 bridgehead atoms. The smallest absolute Gasteiger partial charge is 0.218 e. The van der Waals surface area contributed by atoms with E-state index in [1.165, 1.54) is 0 Å². The lowest BCUT2D eigenvalue weighted by molar-refractivity contribution is 0.515. The van der Waals surface area contributed by atoms with Gasteiger partial charge in [-0.1, -0.05) is 32.5 Å². The molecule has 0 fully saturated rings. The molecule has 3 N–H and O–H groups in total. The predicted octanol–water partition coefficient (Wildman–Crippen LogP) is 0.771. The van der Waals surface area contributed by atoms with Crippen LogP contribution in [0.5, 0.6) is 0 Å². The lowest BCUT2D eigenvalue weighted by Gasteiger charge is -2.15. The van der Waals surface area contributed by atoms with Crippen molar-refractivity contribution in [1.82, 2.24) is 4.72 Å². The third-order valence-electron chi connectivity index (χ3n) is 1.81. The molecule has 0 amide bonds. The molecule has 0 aliphatic carbocycles. The highest BCUT2D eigenvalue weighted by atomic mass is 32.2. The largest absolute Gasteiger partial charge is 0.392 e. The Labute approximate surface area is 91.3 Å². The summed E-state index contributed by atoms with van der Waals surface area (Å²) >= 11 is 4.56. The lowest BCUT2D eigenvalue weighted by atomic mass is 10.1. The SMILES string of the molecule is CCCC(CC)NS(=O)(=O)CC(N)=S. The maximum absolute atomic E-state index is 11.4. The monoisotopic (exact) mass is 238 g/mol. The fourth-order valence-corrected chi connectivity index (χ4v) is 2.89. The Morgan fingerprint density at radius 2 is 2.07 bits per heavy atom. The maximum atomic E-state index is 11.4. The molecule has 14 heavy (non-hydrogen) atoms. The van der Waals surface area contributed by atoms with E-state index in [1.54, 1.807) is 0 Å². The van der Waals surface area contributed by atoms with Crippen molar-refractivity contribution in [1.29, 1.82) is 0 Å². The highest BCUT2D eigenvalue weighted by molar-refractivity contribution is 7.92. The van der Waals surface area contributed by atoms with Crippen molar-refractivity contribution in [3.8, 4) is 0 Å². The van der Waals surface area contributed by atoms with Gasteiger partial charge in [0, 0.05) is 6.04 Å². The topological polar surface area (TPSA) is 72.2 Å². The minimum absolute atomic E-state index is 0.000602. The molecule has 0 aliphatic rings. The van der Waals surface area contributed by atoms with Gasteiger partial charge in [0.25, 0.3) is 0 Å². The fraction of sp³-hybridized carbons (Fsp3) is 0.875. The second-order valence-corrected chi connectivity index (χ2v) is 5.52. The summed E-state index contributed by atoms with van der Waals surface area (Å²) in [5.41, 5.74) is 5.18. The number of nitrogens with two attached hydrogens (primary N) is 1. The standard InChI is InChI=1S/C8H18N2O2S2/c1-3-5-7(4-2)10-14(11,12)6-8(9)13/h7,10H,3-6H2,1-2H3,(H2,9,13). The number of hydrogen-bond donors (Lipinski definition) is 2. The number of sulfonamides is 1. The normalized spacial score (nSPS) is 13.9. The summed E-state index contributed by atoms with van der Waals surface area (Å²) in [5.74, 6) is -0.261. The van der Waals surface area contributed by atoms with Gasteiger partial charge in [-0.05, 0) is 12.8 Å². The Bertz CT molecular complexity index is 275. The third-order valence-corrected chi connectivity index (χ3v) is 3.52. The van der Waals surface area contributed by atoms with Gasteiger partial charge in [0.15, 0.2) is 0 Å². The lowest BCUT2D eigenvalue weighted by Crippen LogP contribution is -2.38. The summed E-state index contributed by atoms with van der Waals surface area (Å²) in [6.07, 6.45) is 2.57. The van der Waals surface area contributed by atoms with Gasteiger partial charge in [-0.2, -0.15) is 0 Å². The fourth-order valence-electron chi connectivity index (χ4n) is 1.18. The van der Waals surface area contributed by atoms with E-state index in [4.69, 9.17) is 5.73 Å². The van der Waals surface area contributed by atoms with Crippen LogP contribution in [0.2, 0.25) is 0 Å². The minimum atomic E-state index is -3.33. The van der Waals surface area contributed by atoms with Gasteiger partial charge >= 0.3 is 0 Å². The maximum Gasteiger partial charge on any atom is 0.218 e. The van der Waals surface area contributed by atoms with Crippen molar-refractivity contribution in [3.05, 3.63) is 0 Å². The Morgan fingerprint density at radius 3 is 2.43 bits per heavy atom. The van der Waals surface area contributed by atoms with Gasteiger partial charge in [0.05, 0.1) is 4.99 Å². The summed E-state index contributed by atoms with van der Waals surface area (Å²) in [7, 11) is -3.33. The van der Waals surface area contributed by atoms with Crippen molar-refractivity contribution in [2.24, 2.45) is 5.73 Å². The van der Waals surface area contributed by atoms with Crippen molar-refractivity contribution in [2.45, 2.75) is 39.2 Å². The molecule has 0 aromatic heterocycles. The van der Waals surface area contributed by atoms with Gasteiger partial charge in [-0.25, -0.2) is 13.1 Å². The molecule has 6 heteroatoms. The summed E-state index contributed by atoms with van der Waals surface area (Å²) in [6, 6.07) is -0.000602. The Kier molecular flexibility index (Phi) is 6.22. The van der Waals surface area contributed by atoms with E-state index >= 15 is 0 Å². The van der Waals surface area contributed by atoms with E-state index in [1.807, 2.05) is 13.8 Å². The highest BCUT2D eigenvalue weighted by Gasteiger charge is 2.16. The summed E-state index contributed by atoms with van der Waals surface area (Å²) < 4.78 is 25.4. The molecule has 0 aromatic rings. The zero-order valence-electron chi connectivity index (χ0n) is 8.62. The molecule has 0 radical (unpaired) electrons. The molecule has 84 valence electrons. The van der Waals surface area contributed by atoms with E-state index in [9.17, 15) is 8.42 Å². The van der Waals surface area contributed by atoms with Crippen LogP contribution in [-0.4, -0.2) is 25.2 Å². The zero-order chi connectivity index (χ0) is 11.2. The quantitative estimate of drug-likeness (QED) is 0.643. The van der Waals surface area contributed by atoms with E-state index < -0.39 is 10.0 Å². The zero-order valence-corrected chi connectivity index (χ0v) is 10.2. The van der Waals surface area contributed by atoms with Crippen molar-refractivity contribution in [3.63, 3.8) is 0 Å². The van der Waals surface area contributed by atoms with Crippen LogP contribution in [-0.2, 0) is 10.0 Å². The van der Waals surface area contributed by atoms with Gasteiger partial charge in [0.2, 0.25) is 10.0 Å². The molecule has 0 spiro atoms. The van der Waals surface area contributed by atoms with Crippen LogP contribution in [0.3, 0.4) is 0 Å². The number of thiocarbonyl (C=S) groups is 1. The average molecular weight is 238 g/mol. The second-order valence-electron chi connectivity index (χ2n) is 3.24. The molecule has 0 aromatic carbocycles. The Morgan fingerprint density at radius 1 is 1.50 bits per heavy atom. The molecule has 0 aliphatic heterocycles. The summed E-state index contributed by atoms with van der Waals surface area (Å²) in [6.45, 7) is 3.97. The number of hydrogen-bond acceptors (Lipinski definition) is 3. The van der Waals surface area contributed by atoms with Crippen LogP contribution in [0.1, 0.15) is 33.1 Å². The van der Waals surface area contributed by atoms with Gasteiger partial charge in [-0.15, -0.1) is 0 Å². The Hall–Kier alpha value is -0.200. The van der Waals surface area contributed by atoms with Crippen molar-refractivity contribution >= 4 is 27.2 Å². The molecule has 1 unspecified atom stereocenters. The van der Waals surface area contributed by atoms with Crippen molar-refractivity contribution in [2.75, 3.05) is 5.75 Å². The number of rotatable bonds is 7. The molecule has 0 saturated carbocycles. The Balaban J connectivity index is 4.25. The molecule has 1 atom stereocenters. The van der Waals surface area contributed by atoms with E-state index in [0.29, 0.717) is 0 Å². The predicted molar refractivity (Wildman–Crippen MR) is 62.7 cm³/mol. The van der Waals surface area contributed by atoms with E-state index in [-0.39, 0.29) is 16.8 Å². The minimum Gasteiger partial charge on any atom is -0.392 e. The first-order valence-electron chi connectivity index (χ1n) is 4.69. The van der Waals surface area contributed by atoms with Crippen LogP contribution < -0.4 is 10.5 Å². The van der Waals surface area contributed by atoms with Crippen LogP contribution in [0.15, 0.2) is 0 Å². The first-order chi connectivity index (χ1) is 6.41. The van der Waals surface area contributed by atoms with Crippen LogP contribution in [0, 0.1) is 0 Å². The van der Waals surface area contributed by atoms with Gasteiger partial charge in [0.1, 0.15) is 5.75 Å². The van der Waals surface area contributed by atoms with Gasteiger partial charge in [-0.3, -0.25) is 0 Å². The van der Waals surface area contributed by atoms with Crippen LogP contribution in [0.25, 0.3) is 0 Å². The summed E-state index contributed by atoms with van der Waals surface area (Å²) in [4.78, 5) is 0.00357. The van der Waals surface area contributed by atoms with Crippen LogP contribution in [0.4, 0.5) is 0 Å². The van der Waals surface area contributed by atoms with Crippen LogP contribution >= 0.6 is 12.2 Å². The molecular formula is C8H18N2O2S2. The molecule has 0 heterocycles. The van der Waals surface area contributed by atoms with E-state index in [2.05, 4.69) is 16.9 Å². The molecule has 0 saturated heterocycles. The first kappa shape index (κ1) is 13.8. The molecule has 0 rings (SSSR count). The van der Waals surface area contributed by atoms with Crippen molar-refractivity contribution < 1.29 is 8.42 Å². The third kappa shape index (κ3) is 6.28. The number of nitrogens with one attached hydrogen (secondary N) is 1. The average Bonchev–Trinajstić information content (AvgIpc) is 2.00. The van der Waals surface area contributed by atoms with E-state index in [0.717, 1.165) is 19.3 Å².